The first kappa shape index (κ1) is 27.3. The van der Waals surface area contributed by atoms with Gasteiger partial charge in [-0.25, -0.2) is 13.2 Å². The number of rotatable bonds is 12. The third-order valence-electron chi connectivity index (χ3n) is 6.75. The van der Waals surface area contributed by atoms with E-state index in [4.69, 9.17) is 5.73 Å². The average Bonchev–Trinajstić information content (AvgIpc) is 3.37. The molecular weight excluding hydrogens is 524 g/mol. The van der Waals surface area contributed by atoms with E-state index in [0.717, 1.165) is 28.5 Å². The Bertz CT molecular complexity index is 1130. The highest BCUT2D eigenvalue weighted by Gasteiger charge is 2.58. The number of fused-ring (bicyclic) bond motifs is 1. The average molecular weight is 557 g/mol. The maximum absolute atomic E-state index is 12.5. The van der Waals surface area contributed by atoms with E-state index in [1.807, 2.05) is 19.1 Å². The fourth-order valence-electron chi connectivity index (χ4n) is 5.08. The lowest BCUT2D eigenvalue weighted by Crippen LogP contribution is -2.60. The third-order valence-corrected chi connectivity index (χ3v) is 10.8. The van der Waals surface area contributed by atoms with E-state index in [-0.39, 0.29) is 59.7 Å². The maximum Gasteiger partial charge on any atom is 0.353 e. The largest absolute Gasteiger partial charge is 0.477 e. The Balaban J connectivity index is 1.31. The zero-order valence-corrected chi connectivity index (χ0v) is 22.4. The van der Waals surface area contributed by atoms with Gasteiger partial charge in [0.2, 0.25) is 15.9 Å². The summed E-state index contributed by atoms with van der Waals surface area (Å²) in [5.74, 6) is -0.963. The first-order chi connectivity index (χ1) is 17.1. The molecule has 1 amide bonds. The van der Waals surface area contributed by atoms with Gasteiger partial charge >= 0.3 is 5.97 Å². The summed E-state index contributed by atoms with van der Waals surface area (Å²) in [5, 5.41) is 22.8. The van der Waals surface area contributed by atoms with Crippen molar-refractivity contribution in [2.24, 2.45) is 17.6 Å². The number of thioether (sulfide) groups is 2. The molecule has 0 saturated carbocycles. The number of hydrogen-bond donors (Lipinski definition) is 5. The number of anilines is 1. The van der Waals surface area contributed by atoms with Gasteiger partial charge in [-0.15, -0.1) is 23.5 Å². The molecule has 10 nitrogen and oxygen atoms in total. The summed E-state index contributed by atoms with van der Waals surface area (Å²) >= 11 is 3.23. The minimum atomic E-state index is -3.43. The van der Waals surface area contributed by atoms with Gasteiger partial charge in [0.25, 0.3) is 0 Å². The van der Waals surface area contributed by atoms with Crippen molar-refractivity contribution in [2.45, 2.75) is 42.0 Å². The Morgan fingerprint density at radius 2 is 2.03 bits per heavy atom. The Morgan fingerprint density at radius 1 is 1.31 bits per heavy atom. The second-order valence-corrected chi connectivity index (χ2v) is 13.5. The molecule has 1 aromatic rings. The molecule has 3 aliphatic rings. The fraction of sp³-hybridized carbons (Fsp3) is 0.565. The lowest BCUT2D eigenvalue weighted by atomic mass is 9.80. The highest BCUT2D eigenvalue weighted by Crippen LogP contribution is 2.51. The molecular formula is C23H32N4O6S3. The molecule has 13 heteroatoms. The monoisotopic (exact) mass is 556 g/mol. The van der Waals surface area contributed by atoms with Crippen molar-refractivity contribution in [2.75, 3.05) is 35.9 Å². The van der Waals surface area contributed by atoms with Crippen LogP contribution in [0.5, 0.6) is 0 Å². The van der Waals surface area contributed by atoms with Gasteiger partial charge < -0.3 is 26.2 Å². The molecule has 36 heavy (non-hydrogen) atoms. The number of β-lactam (4-membered cyclic amide) rings is 1. The van der Waals surface area contributed by atoms with Gasteiger partial charge in [0, 0.05) is 58.1 Å². The van der Waals surface area contributed by atoms with Crippen molar-refractivity contribution in [3.05, 3.63) is 34.9 Å². The molecule has 3 heterocycles. The summed E-state index contributed by atoms with van der Waals surface area (Å²) in [7, 11) is -3.43. The molecule has 0 spiro atoms. The summed E-state index contributed by atoms with van der Waals surface area (Å²) in [4.78, 5) is 27.7. The Labute approximate surface area is 219 Å². The molecule has 0 unspecified atom stereocenters. The predicted octanol–water partition coefficient (Wildman–Crippen LogP) is 1.10. The van der Waals surface area contributed by atoms with Crippen LogP contribution >= 0.6 is 23.5 Å². The number of aliphatic hydroxyl groups excluding tert-OH is 1. The lowest BCUT2D eigenvalue weighted by molar-refractivity contribution is -0.157. The van der Waals surface area contributed by atoms with Crippen molar-refractivity contribution >= 4 is 51.1 Å². The van der Waals surface area contributed by atoms with Crippen LogP contribution in [0, 0.1) is 11.8 Å². The van der Waals surface area contributed by atoms with Gasteiger partial charge in [-0.1, -0.05) is 6.92 Å². The third kappa shape index (κ3) is 5.70. The summed E-state index contributed by atoms with van der Waals surface area (Å²) in [6.45, 7) is 2.70. The Kier molecular flexibility index (Phi) is 8.57. The summed E-state index contributed by atoms with van der Waals surface area (Å²) < 4.78 is 26.2. The van der Waals surface area contributed by atoms with Crippen LogP contribution in [0.15, 0.2) is 39.8 Å². The van der Waals surface area contributed by atoms with Crippen molar-refractivity contribution in [1.29, 1.82) is 0 Å². The van der Waals surface area contributed by atoms with E-state index >= 15 is 0 Å². The topological polar surface area (TPSA) is 162 Å². The number of carboxylic acid groups (broad SMARTS) is 1. The van der Waals surface area contributed by atoms with E-state index < -0.39 is 16.0 Å². The number of nitrogens with two attached hydrogens (primary N) is 1. The van der Waals surface area contributed by atoms with Crippen LogP contribution in [-0.4, -0.2) is 83.9 Å². The van der Waals surface area contributed by atoms with Crippen LogP contribution in [0.2, 0.25) is 0 Å². The molecule has 0 radical (unpaired) electrons. The van der Waals surface area contributed by atoms with E-state index in [1.165, 1.54) is 4.90 Å². The second kappa shape index (κ2) is 11.3. The number of amides is 1. The number of hydrogen-bond acceptors (Lipinski definition) is 9. The number of nitrogens with one attached hydrogen (secondary N) is 2. The van der Waals surface area contributed by atoms with Crippen LogP contribution in [0.25, 0.3) is 0 Å². The number of carbonyl (C=O) groups is 2. The van der Waals surface area contributed by atoms with Crippen LogP contribution in [-0.2, 0) is 19.6 Å². The molecule has 5 atom stereocenters. The number of carbonyl (C=O) groups excluding carboxylic acids is 1. The van der Waals surface area contributed by atoms with E-state index in [9.17, 15) is 28.2 Å². The van der Waals surface area contributed by atoms with Crippen LogP contribution < -0.4 is 15.8 Å². The predicted molar refractivity (Wildman–Crippen MR) is 141 cm³/mol. The standard InChI is InChI=1S/C23H32N4O6S3/c1-13-19-18(6-8-28)22(29)27(19)20(23(30)31)21(13)35-17-10-15(25-11-17)12-34-16-4-2-14(3-5-16)26-36(32,33)9-7-24/h2-5,13,15,17-19,25-26,28H,6-12,24H2,1H3,(H,30,31)/t13-,15+,17+,18+,19-/m1/s1. The Hall–Kier alpha value is -1.77. The first-order valence-electron chi connectivity index (χ1n) is 11.9. The van der Waals surface area contributed by atoms with Gasteiger partial charge in [0.05, 0.1) is 17.7 Å². The lowest BCUT2D eigenvalue weighted by Gasteiger charge is -2.45. The molecule has 2 saturated heterocycles. The van der Waals surface area contributed by atoms with Crippen LogP contribution in [0.3, 0.4) is 0 Å². The molecule has 2 fully saturated rings. The van der Waals surface area contributed by atoms with Crippen molar-refractivity contribution in [1.82, 2.24) is 10.2 Å². The van der Waals surface area contributed by atoms with Crippen LogP contribution in [0.1, 0.15) is 19.8 Å². The first-order valence-corrected chi connectivity index (χ1v) is 15.4. The Morgan fingerprint density at radius 3 is 2.67 bits per heavy atom. The van der Waals surface area contributed by atoms with E-state index in [0.29, 0.717) is 12.1 Å². The van der Waals surface area contributed by atoms with Crippen molar-refractivity contribution in [3.8, 4) is 0 Å². The summed E-state index contributed by atoms with van der Waals surface area (Å²) in [5.41, 5.74) is 5.94. The van der Waals surface area contributed by atoms with Gasteiger partial charge in [0.15, 0.2) is 0 Å². The zero-order chi connectivity index (χ0) is 26.0. The SMILES string of the molecule is C[C@H]1C(S[C@@H]2CN[C@H](CSc3ccc(NS(=O)(=O)CCN)cc3)C2)=C(C(=O)O)N2C(=O)[C@@H](CCO)[C@@H]12. The molecule has 198 valence electrons. The molecule has 6 N–H and O–H groups in total. The van der Waals surface area contributed by atoms with Gasteiger partial charge in [-0.05, 0) is 37.1 Å². The smallest absolute Gasteiger partial charge is 0.353 e. The molecule has 4 rings (SSSR count). The minimum absolute atomic E-state index is 0.0615. The number of aliphatic hydroxyl groups is 1. The number of benzene rings is 1. The van der Waals surface area contributed by atoms with Crippen molar-refractivity contribution in [3.63, 3.8) is 0 Å². The number of nitrogens with zero attached hydrogens (tertiary/aromatic N) is 1. The molecule has 0 aliphatic carbocycles. The van der Waals surface area contributed by atoms with Crippen LogP contribution in [0.4, 0.5) is 5.69 Å². The molecule has 3 aliphatic heterocycles. The zero-order valence-electron chi connectivity index (χ0n) is 19.9. The molecule has 0 bridgehead atoms. The van der Waals surface area contributed by atoms with E-state index in [2.05, 4.69) is 10.0 Å². The minimum Gasteiger partial charge on any atom is -0.477 e. The molecule has 1 aromatic carbocycles. The second-order valence-electron chi connectivity index (χ2n) is 9.25. The number of sulfonamides is 1. The number of carboxylic acids is 1. The quantitative estimate of drug-likeness (QED) is 0.186. The van der Waals surface area contributed by atoms with Crippen molar-refractivity contribution < 1.29 is 28.2 Å². The normalized spacial score (nSPS) is 27.8. The highest BCUT2D eigenvalue weighted by molar-refractivity contribution is 8.03. The van der Waals surface area contributed by atoms with E-state index in [1.54, 1.807) is 35.7 Å². The van der Waals surface area contributed by atoms with Gasteiger partial charge in [-0.2, -0.15) is 0 Å². The fourth-order valence-corrected chi connectivity index (χ4v) is 8.48. The maximum atomic E-state index is 12.5. The van der Waals surface area contributed by atoms with Gasteiger partial charge in [-0.3, -0.25) is 9.52 Å². The summed E-state index contributed by atoms with van der Waals surface area (Å²) in [6.07, 6.45) is 1.23. The highest BCUT2D eigenvalue weighted by atomic mass is 32.2. The molecule has 0 aromatic heterocycles. The summed E-state index contributed by atoms with van der Waals surface area (Å²) in [6, 6.07) is 7.28. The number of aliphatic carboxylic acids is 1. The van der Waals surface area contributed by atoms with Gasteiger partial charge in [0.1, 0.15) is 5.70 Å².